The predicted molar refractivity (Wildman–Crippen MR) is 122 cm³/mol. The quantitative estimate of drug-likeness (QED) is 0.300. The van der Waals surface area contributed by atoms with E-state index >= 15 is 0 Å². The van der Waals surface area contributed by atoms with Crippen molar-refractivity contribution >= 4 is 21.7 Å². The maximum absolute atomic E-state index is 5.06. The molecular formula is C28H21N. The van der Waals surface area contributed by atoms with Gasteiger partial charge in [0, 0.05) is 16.4 Å². The van der Waals surface area contributed by atoms with Crippen molar-refractivity contribution in [3.63, 3.8) is 0 Å². The Balaban J connectivity index is 1.54. The summed E-state index contributed by atoms with van der Waals surface area (Å²) in [5.41, 5.74) is 8.72. The first kappa shape index (κ1) is 16.5. The Morgan fingerprint density at radius 3 is 2.24 bits per heavy atom. The number of fused-ring (bicyclic) bond motifs is 5. The highest BCUT2D eigenvalue weighted by atomic mass is 14.7. The van der Waals surface area contributed by atoms with Gasteiger partial charge in [0.2, 0.25) is 0 Å². The fourth-order valence-corrected chi connectivity index (χ4v) is 4.83. The highest BCUT2D eigenvalue weighted by Gasteiger charge is 2.35. The zero-order chi connectivity index (χ0) is 19.6. The minimum absolute atomic E-state index is 0.000745. The molecule has 1 heterocycles. The van der Waals surface area contributed by atoms with Crippen LogP contribution >= 0.6 is 0 Å². The van der Waals surface area contributed by atoms with Crippen LogP contribution in [0.25, 0.3) is 44.1 Å². The van der Waals surface area contributed by atoms with Gasteiger partial charge in [0.05, 0.1) is 11.2 Å². The minimum atomic E-state index is 0.000745. The summed E-state index contributed by atoms with van der Waals surface area (Å²) in [6.07, 6.45) is 0. The van der Waals surface area contributed by atoms with E-state index in [-0.39, 0.29) is 5.41 Å². The molecule has 0 N–H and O–H groups in total. The summed E-state index contributed by atoms with van der Waals surface area (Å²) in [6.45, 7) is 4.63. The molecule has 0 fully saturated rings. The number of aromatic nitrogens is 1. The van der Waals surface area contributed by atoms with Gasteiger partial charge in [-0.15, -0.1) is 0 Å². The van der Waals surface area contributed by atoms with Crippen molar-refractivity contribution in [3.05, 3.63) is 102 Å². The maximum Gasteiger partial charge on any atom is 0.0713 e. The summed E-state index contributed by atoms with van der Waals surface area (Å²) in [5.74, 6) is 0. The predicted octanol–water partition coefficient (Wildman–Crippen LogP) is 7.36. The van der Waals surface area contributed by atoms with Crippen molar-refractivity contribution in [2.45, 2.75) is 19.3 Å². The van der Waals surface area contributed by atoms with E-state index in [9.17, 15) is 0 Å². The second kappa shape index (κ2) is 5.78. The van der Waals surface area contributed by atoms with Crippen LogP contribution in [0, 0.1) is 0 Å². The largest absolute Gasteiger partial charge is 0.248 e. The topological polar surface area (TPSA) is 12.9 Å². The van der Waals surface area contributed by atoms with Crippen molar-refractivity contribution in [2.24, 2.45) is 0 Å². The summed E-state index contributed by atoms with van der Waals surface area (Å²) < 4.78 is 0. The molecule has 0 atom stereocenters. The Labute approximate surface area is 170 Å². The van der Waals surface area contributed by atoms with Gasteiger partial charge in [-0.1, -0.05) is 80.6 Å². The molecule has 1 nitrogen and oxygen atoms in total. The van der Waals surface area contributed by atoms with Gasteiger partial charge in [0.1, 0.15) is 0 Å². The van der Waals surface area contributed by atoms with Crippen LogP contribution in [0.2, 0.25) is 0 Å². The smallest absolute Gasteiger partial charge is 0.0713 e. The van der Waals surface area contributed by atoms with Crippen molar-refractivity contribution in [3.8, 4) is 22.4 Å². The summed E-state index contributed by atoms with van der Waals surface area (Å²) in [4.78, 5) is 5.06. The van der Waals surface area contributed by atoms with Crippen LogP contribution in [0.5, 0.6) is 0 Å². The van der Waals surface area contributed by atoms with Gasteiger partial charge in [-0.25, -0.2) is 4.98 Å². The number of hydrogen-bond acceptors (Lipinski definition) is 1. The van der Waals surface area contributed by atoms with E-state index in [1.54, 1.807) is 0 Å². The molecular weight excluding hydrogens is 350 g/mol. The van der Waals surface area contributed by atoms with Gasteiger partial charge in [0.25, 0.3) is 0 Å². The average Bonchev–Trinajstić information content (AvgIpc) is 2.98. The molecule has 1 aliphatic carbocycles. The van der Waals surface area contributed by atoms with Crippen LogP contribution in [-0.2, 0) is 5.41 Å². The van der Waals surface area contributed by atoms with E-state index in [1.807, 2.05) is 0 Å². The molecule has 1 aromatic heterocycles. The Morgan fingerprint density at radius 1 is 0.586 bits per heavy atom. The highest BCUT2D eigenvalue weighted by Crippen LogP contribution is 2.49. The van der Waals surface area contributed by atoms with E-state index in [1.165, 1.54) is 38.4 Å². The van der Waals surface area contributed by atoms with Crippen molar-refractivity contribution in [2.75, 3.05) is 0 Å². The normalized spacial score (nSPS) is 14.1. The molecule has 0 spiro atoms. The Morgan fingerprint density at radius 2 is 1.34 bits per heavy atom. The van der Waals surface area contributed by atoms with Gasteiger partial charge in [0.15, 0.2) is 0 Å². The van der Waals surface area contributed by atoms with E-state index in [4.69, 9.17) is 4.98 Å². The second-order valence-electron chi connectivity index (χ2n) is 8.52. The van der Waals surface area contributed by atoms with Crippen molar-refractivity contribution in [1.29, 1.82) is 0 Å². The Kier molecular flexibility index (Phi) is 3.29. The first-order valence-corrected chi connectivity index (χ1v) is 10.2. The molecule has 0 aliphatic heterocycles. The number of nitrogens with zero attached hydrogens (tertiary/aromatic N) is 1. The zero-order valence-electron chi connectivity index (χ0n) is 16.6. The summed E-state index contributed by atoms with van der Waals surface area (Å²) in [6, 6.07) is 32.8. The number of benzene rings is 4. The third-order valence-corrected chi connectivity index (χ3v) is 6.44. The minimum Gasteiger partial charge on any atom is -0.248 e. The Bertz CT molecular complexity index is 1430. The molecule has 29 heavy (non-hydrogen) atoms. The molecule has 4 aromatic carbocycles. The third kappa shape index (κ3) is 2.37. The van der Waals surface area contributed by atoms with Crippen LogP contribution in [0.4, 0.5) is 0 Å². The molecule has 0 radical (unpaired) electrons. The standard InChI is InChI=1S/C28H21N/c1-28(2)24-10-6-5-9-22(24)23-16-21-13-14-26(29-27(21)17-25(23)28)20-12-11-18-7-3-4-8-19(18)15-20/h3-17H,1-2H3. The second-order valence-corrected chi connectivity index (χ2v) is 8.52. The Hall–Kier alpha value is -3.45. The SMILES string of the molecule is CC1(C)c2ccccc2-c2cc3ccc(-c4ccc5ccccc5c4)nc3cc21. The molecule has 0 bridgehead atoms. The van der Waals surface area contributed by atoms with Gasteiger partial charge in [-0.3, -0.25) is 0 Å². The van der Waals surface area contributed by atoms with Crippen LogP contribution < -0.4 is 0 Å². The molecule has 138 valence electrons. The van der Waals surface area contributed by atoms with Gasteiger partial charge in [-0.2, -0.15) is 0 Å². The zero-order valence-corrected chi connectivity index (χ0v) is 16.6. The molecule has 0 amide bonds. The fraction of sp³-hybridized carbons (Fsp3) is 0.107. The summed E-state index contributed by atoms with van der Waals surface area (Å²) in [5, 5.41) is 3.70. The summed E-state index contributed by atoms with van der Waals surface area (Å²) in [7, 11) is 0. The van der Waals surface area contributed by atoms with E-state index in [2.05, 4.69) is 105 Å². The van der Waals surface area contributed by atoms with Crippen molar-refractivity contribution < 1.29 is 0 Å². The number of rotatable bonds is 1. The maximum atomic E-state index is 5.06. The lowest BCUT2D eigenvalue weighted by molar-refractivity contribution is 0.661. The van der Waals surface area contributed by atoms with E-state index in [0.29, 0.717) is 0 Å². The number of hydrogen-bond donors (Lipinski definition) is 0. The van der Waals surface area contributed by atoms with Crippen LogP contribution in [0.15, 0.2) is 91.0 Å². The van der Waals surface area contributed by atoms with Gasteiger partial charge in [-0.05, 0) is 57.3 Å². The molecule has 5 aromatic rings. The van der Waals surface area contributed by atoms with Crippen molar-refractivity contribution in [1.82, 2.24) is 4.98 Å². The van der Waals surface area contributed by atoms with E-state index in [0.717, 1.165) is 16.8 Å². The third-order valence-electron chi connectivity index (χ3n) is 6.44. The summed E-state index contributed by atoms with van der Waals surface area (Å²) >= 11 is 0. The van der Waals surface area contributed by atoms with Gasteiger partial charge >= 0.3 is 0 Å². The monoisotopic (exact) mass is 371 g/mol. The lowest BCUT2D eigenvalue weighted by Gasteiger charge is -2.21. The first-order valence-electron chi connectivity index (χ1n) is 10.2. The first-order chi connectivity index (χ1) is 14.1. The molecule has 6 rings (SSSR count). The van der Waals surface area contributed by atoms with Gasteiger partial charge < -0.3 is 0 Å². The lowest BCUT2D eigenvalue weighted by atomic mass is 9.82. The molecule has 1 heteroatoms. The van der Waals surface area contributed by atoms with Crippen LogP contribution in [0.1, 0.15) is 25.0 Å². The van der Waals surface area contributed by atoms with Crippen LogP contribution in [0.3, 0.4) is 0 Å². The van der Waals surface area contributed by atoms with E-state index < -0.39 is 0 Å². The molecule has 1 aliphatic rings. The molecule has 0 unspecified atom stereocenters. The lowest BCUT2D eigenvalue weighted by Crippen LogP contribution is -2.14. The highest BCUT2D eigenvalue weighted by molar-refractivity contribution is 5.93. The average molecular weight is 371 g/mol. The molecule has 0 saturated heterocycles. The number of pyridine rings is 1. The molecule has 0 saturated carbocycles. The fourth-order valence-electron chi connectivity index (χ4n) is 4.83. The van der Waals surface area contributed by atoms with Crippen LogP contribution in [-0.4, -0.2) is 4.98 Å².